The van der Waals surface area contributed by atoms with Gasteiger partial charge in [0.15, 0.2) is 5.78 Å². The fourth-order valence-corrected chi connectivity index (χ4v) is 2.89. The smallest absolute Gasteiger partial charge is 0.412 e. The van der Waals surface area contributed by atoms with Crippen molar-refractivity contribution in [3.63, 3.8) is 0 Å². The standard InChI is InChI=1S/C22H27NO6/c1-15(11-12-24)21(19-5-3-4-6-20(19)28-14-13-25)29-22(27)23-18-9-7-17(8-10-18)16(2)26/h3-10,15,21,24-25H,11-14H2,1-2H3,(H,23,27)/t15-,21+/m0/s1. The van der Waals surface area contributed by atoms with Crippen molar-refractivity contribution < 1.29 is 29.3 Å². The minimum absolute atomic E-state index is 0.0468. The summed E-state index contributed by atoms with van der Waals surface area (Å²) in [6, 6.07) is 13.6. The minimum atomic E-state index is -0.660. The summed E-state index contributed by atoms with van der Waals surface area (Å²) in [6.45, 7) is 3.28. The van der Waals surface area contributed by atoms with Crippen molar-refractivity contribution in [3.05, 3.63) is 59.7 Å². The molecule has 7 nitrogen and oxygen atoms in total. The highest BCUT2D eigenvalue weighted by Crippen LogP contribution is 2.35. The van der Waals surface area contributed by atoms with Gasteiger partial charge in [0, 0.05) is 23.4 Å². The molecular weight excluding hydrogens is 374 g/mol. The number of nitrogens with one attached hydrogen (secondary N) is 1. The lowest BCUT2D eigenvalue weighted by atomic mass is 9.94. The summed E-state index contributed by atoms with van der Waals surface area (Å²) in [5.74, 6) is 0.274. The number of ketones is 1. The zero-order valence-electron chi connectivity index (χ0n) is 16.6. The van der Waals surface area contributed by atoms with E-state index in [0.29, 0.717) is 29.0 Å². The number of amides is 1. The summed E-state index contributed by atoms with van der Waals surface area (Å²) in [5, 5.41) is 21.0. The maximum atomic E-state index is 12.5. The van der Waals surface area contributed by atoms with Gasteiger partial charge in [0.1, 0.15) is 18.5 Å². The van der Waals surface area contributed by atoms with Crippen LogP contribution in [0, 0.1) is 5.92 Å². The Labute approximate surface area is 170 Å². The first kappa shape index (κ1) is 22.4. The molecule has 0 saturated carbocycles. The van der Waals surface area contributed by atoms with Gasteiger partial charge in [-0.15, -0.1) is 0 Å². The second kappa shape index (κ2) is 11.2. The Morgan fingerprint density at radius 3 is 2.34 bits per heavy atom. The lowest BCUT2D eigenvalue weighted by Crippen LogP contribution is -2.23. The number of ether oxygens (including phenoxy) is 2. The number of carbonyl (C=O) groups is 2. The number of aliphatic hydroxyl groups is 2. The zero-order chi connectivity index (χ0) is 21.2. The van der Waals surface area contributed by atoms with Gasteiger partial charge in [-0.1, -0.05) is 25.1 Å². The van der Waals surface area contributed by atoms with Crippen molar-refractivity contribution in [1.82, 2.24) is 0 Å². The quantitative estimate of drug-likeness (QED) is 0.526. The van der Waals surface area contributed by atoms with Crippen LogP contribution in [0.3, 0.4) is 0 Å². The molecule has 0 aliphatic heterocycles. The van der Waals surface area contributed by atoms with Gasteiger partial charge in [-0.3, -0.25) is 10.1 Å². The van der Waals surface area contributed by atoms with Gasteiger partial charge in [0.2, 0.25) is 0 Å². The Bertz CT molecular complexity index is 805. The molecule has 1 amide bonds. The van der Waals surface area contributed by atoms with Crippen LogP contribution in [-0.4, -0.2) is 41.9 Å². The highest BCUT2D eigenvalue weighted by atomic mass is 16.6. The van der Waals surface area contributed by atoms with Crippen molar-refractivity contribution in [1.29, 1.82) is 0 Å². The number of benzene rings is 2. The molecule has 0 spiro atoms. The summed E-state index contributed by atoms with van der Waals surface area (Å²) in [4.78, 5) is 23.9. The zero-order valence-corrected chi connectivity index (χ0v) is 16.6. The molecule has 2 aromatic rings. The molecule has 0 saturated heterocycles. The average molecular weight is 401 g/mol. The fraction of sp³-hybridized carbons (Fsp3) is 0.364. The van der Waals surface area contributed by atoms with Gasteiger partial charge in [-0.25, -0.2) is 4.79 Å². The van der Waals surface area contributed by atoms with E-state index in [9.17, 15) is 14.7 Å². The first-order chi connectivity index (χ1) is 14.0. The Morgan fingerprint density at radius 1 is 1.03 bits per heavy atom. The number of anilines is 1. The van der Waals surface area contributed by atoms with Crippen LogP contribution >= 0.6 is 0 Å². The monoisotopic (exact) mass is 401 g/mol. The molecular formula is C22H27NO6. The topological polar surface area (TPSA) is 105 Å². The second-order valence-electron chi connectivity index (χ2n) is 6.68. The summed E-state index contributed by atoms with van der Waals surface area (Å²) < 4.78 is 11.3. The van der Waals surface area contributed by atoms with E-state index >= 15 is 0 Å². The number of rotatable bonds is 10. The van der Waals surface area contributed by atoms with Gasteiger partial charge < -0.3 is 19.7 Å². The maximum Gasteiger partial charge on any atom is 0.412 e. The number of hydrogen-bond donors (Lipinski definition) is 3. The summed E-state index contributed by atoms with van der Waals surface area (Å²) in [5.41, 5.74) is 1.70. The molecule has 0 bridgehead atoms. The normalized spacial score (nSPS) is 12.7. The van der Waals surface area contributed by atoms with Crippen molar-refractivity contribution in [2.75, 3.05) is 25.1 Å². The first-order valence-electron chi connectivity index (χ1n) is 9.48. The molecule has 2 rings (SSSR count). The molecule has 0 aliphatic carbocycles. The Hall–Kier alpha value is -2.90. The predicted octanol–water partition coefficient (Wildman–Crippen LogP) is 3.57. The van der Waals surface area contributed by atoms with E-state index < -0.39 is 12.2 Å². The highest BCUT2D eigenvalue weighted by molar-refractivity contribution is 5.95. The maximum absolute atomic E-state index is 12.5. The third-order valence-corrected chi connectivity index (χ3v) is 4.45. The predicted molar refractivity (Wildman–Crippen MR) is 109 cm³/mol. The Balaban J connectivity index is 2.18. The van der Waals surface area contributed by atoms with E-state index in [1.807, 2.05) is 13.0 Å². The minimum Gasteiger partial charge on any atom is -0.491 e. The Kier molecular flexibility index (Phi) is 8.64. The number of aliphatic hydroxyl groups excluding tert-OH is 2. The number of hydrogen-bond acceptors (Lipinski definition) is 6. The van der Waals surface area contributed by atoms with Gasteiger partial charge in [0.25, 0.3) is 0 Å². The van der Waals surface area contributed by atoms with Crippen LogP contribution in [-0.2, 0) is 4.74 Å². The van der Waals surface area contributed by atoms with Crippen molar-refractivity contribution in [2.24, 2.45) is 5.92 Å². The van der Waals surface area contributed by atoms with Crippen LogP contribution in [0.5, 0.6) is 5.75 Å². The Morgan fingerprint density at radius 2 is 1.72 bits per heavy atom. The number of para-hydroxylation sites is 1. The van der Waals surface area contributed by atoms with E-state index in [1.165, 1.54) is 6.92 Å². The molecule has 2 aromatic carbocycles. The SMILES string of the molecule is CC(=O)c1ccc(NC(=O)O[C@@H](c2ccccc2OCCO)[C@@H](C)CCO)cc1. The van der Waals surface area contributed by atoms with Gasteiger partial charge in [-0.05, 0) is 49.6 Å². The van der Waals surface area contributed by atoms with Crippen molar-refractivity contribution in [3.8, 4) is 5.75 Å². The van der Waals surface area contributed by atoms with Crippen LogP contribution in [0.1, 0.15) is 42.3 Å². The van der Waals surface area contributed by atoms with Crippen LogP contribution in [0.2, 0.25) is 0 Å². The van der Waals surface area contributed by atoms with E-state index in [1.54, 1.807) is 42.5 Å². The van der Waals surface area contributed by atoms with Crippen LogP contribution in [0.25, 0.3) is 0 Å². The van der Waals surface area contributed by atoms with Gasteiger partial charge in [0.05, 0.1) is 6.61 Å². The van der Waals surface area contributed by atoms with Crippen LogP contribution in [0.15, 0.2) is 48.5 Å². The van der Waals surface area contributed by atoms with Crippen LogP contribution < -0.4 is 10.1 Å². The van der Waals surface area contributed by atoms with E-state index in [-0.39, 0.29) is 31.5 Å². The summed E-state index contributed by atoms with van der Waals surface area (Å²) in [6.07, 6.45) is -0.888. The molecule has 7 heteroatoms. The van der Waals surface area contributed by atoms with E-state index in [2.05, 4.69) is 5.32 Å². The molecule has 0 unspecified atom stereocenters. The van der Waals surface area contributed by atoms with Gasteiger partial charge in [-0.2, -0.15) is 0 Å². The average Bonchev–Trinajstić information content (AvgIpc) is 2.71. The number of carbonyl (C=O) groups excluding carboxylic acids is 2. The van der Waals surface area contributed by atoms with Crippen molar-refractivity contribution in [2.45, 2.75) is 26.4 Å². The molecule has 0 aromatic heterocycles. The van der Waals surface area contributed by atoms with E-state index in [0.717, 1.165) is 0 Å². The molecule has 2 atom stereocenters. The third kappa shape index (κ3) is 6.58. The second-order valence-corrected chi connectivity index (χ2v) is 6.68. The van der Waals surface area contributed by atoms with Crippen molar-refractivity contribution >= 4 is 17.6 Å². The molecule has 0 heterocycles. The fourth-order valence-electron chi connectivity index (χ4n) is 2.89. The highest BCUT2D eigenvalue weighted by Gasteiger charge is 2.26. The molecule has 0 fully saturated rings. The third-order valence-electron chi connectivity index (χ3n) is 4.45. The summed E-state index contributed by atoms with van der Waals surface area (Å²) in [7, 11) is 0. The van der Waals surface area contributed by atoms with Gasteiger partial charge >= 0.3 is 6.09 Å². The lowest BCUT2D eigenvalue weighted by Gasteiger charge is -2.26. The molecule has 0 radical (unpaired) electrons. The molecule has 156 valence electrons. The largest absolute Gasteiger partial charge is 0.491 e. The summed E-state index contributed by atoms with van der Waals surface area (Å²) >= 11 is 0. The van der Waals surface area contributed by atoms with E-state index in [4.69, 9.17) is 14.6 Å². The molecule has 3 N–H and O–H groups in total. The first-order valence-corrected chi connectivity index (χ1v) is 9.48. The molecule has 29 heavy (non-hydrogen) atoms. The molecule has 0 aliphatic rings. The van der Waals surface area contributed by atoms with Crippen LogP contribution in [0.4, 0.5) is 10.5 Å². The number of Topliss-reactive ketones (excluding diaryl/α,β-unsaturated/α-hetero) is 1. The lowest BCUT2D eigenvalue weighted by molar-refractivity contribution is 0.0641.